The van der Waals surface area contributed by atoms with Gasteiger partial charge in [0.15, 0.2) is 0 Å². The van der Waals surface area contributed by atoms with Crippen molar-refractivity contribution in [1.82, 2.24) is 9.97 Å². The molecule has 1 aromatic heterocycles. The topological polar surface area (TPSA) is 59.1 Å². The van der Waals surface area contributed by atoms with Gasteiger partial charge in [0.25, 0.3) is 0 Å². The van der Waals surface area contributed by atoms with Crippen LogP contribution in [0.4, 0.5) is 11.8 Å². The number of ether oxygens (including phenoxy) is 1. The van der Waals surface area contributed by atoms with Gasteiger partial charge in [0.1, 0.15) is 5.82 Å². The van der Waals surface area contributed by atoms with E-state index in [1.165, 1.54) is 0 Å². The molecule has 0 amide bonds. The van der Waals surface area contributed by atoms with Crippen LogP contribution in [-0.4, -0.2) is 35.8 Å². The molecule has 22 heavy (non-hydrogen) atoms. The number of hydrogen-bond donors (Lipinski definition) is 2. The van der Waals surface area contributed by atoms with Crippen LogP contribution in [0, 0.1) is 0 Å². The average Bonchev–Trinajstić information content (AvgIpc) is 3.06. The minimum atomic E-state index is 0.297. The summed E-state index contributed by atoms with van der Waals surface area (Å²) in [4.78, 5) is 9.24. The molecule has 1 fully saturated rings. The van der Waals surface area contributed by atoms with E-state index in [9.17, 15) is 0 Å². The van der Waals surface area contributed by atoms with Gasteiger partial charge in [-0.2, -0.15) is 4.98 Å². The molecule has 1 aromatic carbocycles. The van der Waals surface area contributed by atoms with Gasteiger partial charge in [-0.3, -0.25) is 0 Å². The second kappa shape index (κ2) is 7.40. The average molecular weight is 300 g/mol. The highest BCUT2D eigenvalue weighted by Gasteiger charge is 2.16. The predicted octanol–water partition coefficient (Wildman–Crippen LogP) is 3.43. The van der Waals surface area contributed by atoms with E-state index in [1.54, 1.807) is 0 Å². The predicted molar refractivity (Wildman–Crippen MR) is 90.4 cm³/mol. The Morgan fingerprint density at radius 2 is 2.14 bits per heavy atom. The molecule has 5 nitrogen and oxygen atoms in total. The van der Waals surface area contributed by atoms with Gasteiger partial charge in [-0.15, -0.1) is 0 Å². The summed E-state index contributed by atoms with van der Waals surface area (Å²) in [6.07, 6.45) is 4.85. The Kier molecular flexibility index (Phi) is 5.06. The first-order valence-electron chi connectivity index (χ1n) is 8.23. The van der Waals surface area contributed by atoms with Gasteiger partial charge in [-0.1, -0.05) is 25.5 Å². The number of unbranched alkanes of at least 4 members (excludes halogenated alkanes) is 1. The molecule has 0 bridgehead atoms. The fourth-order valence-corrected chi connectivity index (χ4v) is 2.68. The quantitative estimate of drug-likeness (QED) is 0.767. The number of benzene rings is 1. The maximum Gasteiger partial charge on any atom is 0.225 e. The standard InChI is InChI=1S/C17H24N4O/c1-2-3-10-18-17-20-15-9-5-4-8-14(15)16(21-17)19-12-13-7-6-11-22-13/h4-5,8-9,13H,2-3,6-7,10-12H2,1H3,(H2,18,19,20,21). The van der Waals surface area contributed by atoms with E-state index in [4.69, 9.17) is 4.74 Å². The first-order valence-corrected chi connectivity index (χ1v) is 8.23. The second-order valence-electron chi connectivity index (χ2n) is 5.71. The SMILES string of the molecule is CCCCNc1nc(NCC2CCCO2)c2ccccc2n1. The molecule has 0 aliphatic carbocycles. The summed E-state index contributed by atoms with van der Waals surface area (Å²) >= 11 is 0. The van der Waals surface area contributed by atoms with Crippen LogP contribution < -0.4 is 10.6 Å². The van der Waals surface area contributed by atoms with Crippen molar-refractivity contribution >= 4 is 22.7 Å². The van der Waals surface area contributed by atoms with Crippen molar-refractivity contribution in [3.8, 4) is 0 Å². The van der Waals surface area contributed by atoms with E-state index in [2.05, 4.69) is 33.6 Å². The first kappa shape index (κ1) is 15.0. The third-order valence-corrected chi connectivity index (χ3v) is 3.94. The molecule has 1 atom stereocenters. The Morgan fingerprint density at radius 3 is 2.95 bits per heavy atom. The van der Waals surface area contributed by atoms with Gasteiger partial charge < -0.3 is 15.4 Å². The summed E-state index contributed by atoms with van der Waals surface area (Å²) in [6.45, 7) is 4.76. The smallest absolute Gasteiger partial charge is 0.225 e. The lowest BCUT2D eigenvalue weighted by molar-refractivity contribution is 0.120. The maximum absolute atomic E-state index is 5.67. The zero-order valence-corrected chi connectivity index (χ0v) is 13.1. The van der Waals surface area contributed by atoms with Crippen LogP contribution in [0.25, 0.3) is 10.9 Å². The number of fused-ring (bicyclic) bond motifs is 1. The largest absolute Gasteiger partial charge is 0.376 e. The van der Waals surface area contributed by atoms with Crippen LogP contribution in [0.3, 0.4) is 0 Å². The van der Waals surface area contributed by atoms with Gasteiger partial charge in [0, 0.05) is 25.1 Å². The Hall–Kier alpha value is -1.88. The van der Waals surface area contributed by atoms with Crippen LogP contribution in [-0.2, 0) is 4.74 Å². The fraction of sp³-hybridized carbons (Fsp3) is 0.529. The van der Waals surface area contributed by atoms with Gasteiger partial charge >= 0.3 is 0 Å². The molecule has 5 heteroatoms. The highest BCUT2D eigenvalue weighted by Crippen LogP contribution is 2.22. The summed E-state index contributed by atoms with van der Waals surface area (Å²) in [6, 6.07) is 8.12. The van der Waals surface area contributed by atoms with E-state index >= 15 is 0 Å². The number of nitrogens with one attached hydrogen (secondary N) is 2. The van der Waals surface area contributed by atoms with Crippen molar-refractivity contribution in [3.63, 3.8) is 0 Å². The van der Waals surface area contributed by atoms with E-state index in [1.807, 2.05) is 18.2 Å². The molecule has 118 valence electrons. The molecule has 0 radical (unpaired) electrons. The zero-order valence-electron chi connectivity index (χ0n) is 13.1. The van der Waals surface area contributed by atoms with Crippen LogP contribution in [0.15, 0.2) is 24.3 Å². The Balaban J connectivity index is 1.78. The second-order valence-corrected chi connectivity index (χ2v) is 5.71. The van der Waals surface area contributed by atoms with Crippen molar-refractivity contribution in [2.45, 2.75) is 38.7 Å². The van der Waals surface area contributed by atoms with E-state index in [0.29, 0.717) is 12.1 Å². The van der Waals surface area contributed by atoms with Crippen LogP contribution in [0.2, 0.25) is 0 Å². The minimum absolute atomic E-state index is 0.297. The van der Waals surface area contributed by atoms with Crippen LogP contribution in [0.5, 0.6) is 0 Å². The van der Waals surface area contributed by atoms with Gasteiger partial charge in [0.2, 0.25) is 5.95 Å². The van der Waals surface area contributed by atoms with E-state index in [-0.39, 0.29) is 0 Å². The fourth-order valence-electron chi connectivity index (χ4n) is 2.68. The first-order chi connectivity index (χ1) is 10.9. The maximum atomic E-state index is 5.67. The number of para-hydroxylation sites is 1. The van der Waals surface area contributed by atoms with Crippen molar-refractivity contribution in [3.05, 3.63) is 24.3 Å². The lowest BCUT2D eigenvalue weighted by Gasteiger charge is -2.14. The molecule has 0 spiro atoms. The Labute approximate surface area is 131 Å². The molecule has 0 saturated carbocycles. The van der Waals surface area contributed by atoms with Gasteiger partial charge in [0.05, 0.1) is 11.6 Å². The molecule has 1 aliphatic heterocycles. The number of hydrogen-bond acceptors (Lipinski definition) is 5. The van der Waals surface area contributed by atoms with Gasteiger partial charge in [-0.25, -0.2) is 4.98 Å². The summed E-state index contributed by atoms with van der Waals surface area (Å²) in [5, 5.41) is 7.81. The lowest BCUT2D eigenvalue weighted by Crippen LogP contribution is -2.19. The number of anilines is 2. The van der Waals surface area contributed by atoms with Crippen LogP contribution in [0.1, 0.15) is 32.6 Å². The summed E-state index contributed by atoms with van der Waals surface area (Å²) in [5.74, 6) is 1.59. The normalized spacial score (nSPS) is 17.8. The molecule has 3 rings (SSSR count). The molecular formula is C17H24N4O. The molecule has 2 heterocycles. The summed E-state index contributed by atoms with van der Waals surface area (Å²) < 4.78 is 5.67. The van der Waals surface area contributed by atoms with Crippen molar-refractivity contribution in [2.24, 2.45) is 0 Å². The van der Waals surface area contributed by atoms with Crippen molar-refractivity contribution in [1.29, 1.82) is 0 Å². The summed E-state index contributed by atoms with van der Waals surface area (Å²) in [5.41, 5.74) is 0.964. The Morgan fingerprint density at radius 1 is 1.23 bits per heavy atom. The molecule has 1 unspecified atom stereocenters. The van der Waals surface area contributed by atoms with E-state index in [0.717, 1.165) is 62.1 Å². The molecule has 2 N–H and O–H groups in total. The number of nitrogens with zero attached hydrogens (tertiary/aromatic N) is 2. The highest BCUT2D eigenvalue weighted by atomic mass is 16.5. The number of rotatable bonds is 7. The minimum Gasteiger partial charge on any atom is -0.376 e. The third kappa shape index (κ3) is 3.65. The molecule has 1 aliphatic rings. The molecular weight excluding hydrogens is 276 g/mol. The van der Waals surface area contributed by atoms with Gasteiger partial charge in [-0.05, 0) is 31.4 Å². The number of aromatic nitrogens is 2. The highest BCUT2D eigenvalue weighted by molar-refractivity contribution is 5.90. The third-order valence-electron chi connectivity index (χ3n) is 3.94. The van der Waals surface area contributed by atoms with Crippen molar-refractivity contribution < 1.29 is 4.74 Å². The zero-order chi connectivity index (χ0) is 15.2. The van der Waals surface area contributed by atoms with Crippen molar-refractivity contribution in [2.75, 3.05) is 30.3 Å². The molecule has 2 aromatic rings. The molecule has 1 saturated heterocycles. The summed E-state index contributed by atoms with van der Waals surface area (Å²) in [7, 11) is 0. The Bertz CT molecular complexity index is 611. The van der Waals surface area contributed by atoms with E-state index < -0.39 is 0 Å². The van der Waals surface area contributed by atoms with Crippen LogP contribution >= 0.6 is 0 Å². The lowest BCUT2D eigenvalue weighted by atomic mass is 10.2. The monoisotopic (exact) mass is 300 g/mol.